The van der Waals surface area contributed by atoms with Gasteiger partial charge in [0.05, 0.1) is 16.9 Å². The summed E-state index contributed by atoms with van der Waals surface area (Å²) in [6.45, 7) is 9.63. The molecule has 1 atom stereocenters. The molecule has 2 aromatic rings. The first-order valence-electron chi connectivity index (χ1n) is 11.2. The molecular weight excluding hydrogens is 362 g/mol. The average Bonchev–Trinajstić information content (AvgIpc) is 2.74. The van der Waals surface area contributed by atoms with E-state index in [1.807, 2.05) is 43.0 Å². The molecule has 1 fully saturated rings. The fourth-order valence-corrected chi connectivity index (χ4v) is 4.43. The van der Waals surface area contributed by atoms with Crippen LogP contribution in [0.1, 0.15) is 78.1 Å². The normalized spacial score (nSPS) is 16.3. The van der Waals surface area contributed by atoms with Gasteiger partial charge in [-0.3, -0.25) is 14.2 Å². The number of rotatable bonds is 7. The molecule has 0 bridgehead atoms. The first kappa shape index (κ1) is 21.5. The monoisotopic (exact) mass is 397 g/mol. The van der Waals surface area contributed by atoms with Gasteiger partial charge in [-0.05, 0) is 51.2 Å². The number of carbonyl (C=O) groups is 1. The van der Waals surface area contributed by atoms with Crippen molar-refractivity contribution >= 4 is 16.8 Å². The molecule has 158 valence electrons. The van der Waals surface area contributed by atoms with Crippen molar-refractivity contribution < 1.29 is 4.79 Å². The van der Waals surface area contributed by atoms with Crippen molar-refractivity contribution in [3.05, 3.63) is 40.4 Å². The zero-order chi connectivity index (χ0) is 21.0. The summed E-state index contributed by atoms with van der Waals surface area (Å²) >= 11 is 0. The standard InChI is InChI=1S/C24H35N3O2/c1-5-26-22(25-21-14-10-9-13-20(21)24(26)29)18(4)27(16-15-17(2)3)23(28)19-11-7-6-8-12-19/h9-10,13-14,17-19H,5-8,11-12,15-16H2,1-4H3. The number of carbonyl (C=O) groups excluding carboxylic acids is 1. The number of para-hydroxylation sites is 1. The number of fused-ring (bicyclic) bond motifs is 1. The summed E-state index contributed by atoms with van der Waals surface area (Å²) in [4.78, 5) is 33.4. The summed E-state index contributed by atoms with van der Waals surface area (Å²) in [7, 11) is 0. The lowest BCUT2D eigenvalue weighted by Crippen LogP contribution is -2.42. The van der Waals surface area contributed by atoms with Crippen molar-refractivity contribution in [2.24, 2.45) is 11.8 Å². The predicted octanol–water partition coefficient (Wildman–Crippen LogP) is 4.93. The Bertz CT molecular complexity index is 897. The average molecular weight is 398 g/mol. The van der Waals surface area contributed by atoms with Crippen LogP contribution < -0.4 is 5.56 Å². The molecule has 1 aliphatic rings. The molecule has 1 unspecified atom stereocenters. The Morgan fingerprint density at radius 1 is 1.17 bits per heavy atom. The number of hydrogen-bond donors (Lipinski definition) is 0. The Morgan fingerprint density at radius 2 is 1.86 bits per heavy atom. The summed E-state index contributed by atoms with van der Waals surface area (Å²) in [5, 5.41) is 0.637. The summed E-state index contributed by atoms with van der Waals surface area (Å²) in [6, 6.07) is 7.27. The van der Waals surface area contributed by atoms with E-state index >= 15 is 0 Å². The van der Waals surface area contributed by atoms with Crippen LogP contribution in [0.15, 0.2) is 29.1 Å². The minimum absolute atomic E-state index is 0.0196. The molecule has 0 N–H and O–H groups in total. The first-order valence-corrected chi connectivity index (χ1v) is 11.2. The maximum atomic E-state index is 13.5. The zero-order valence-electron chi connectivity index (χ0n) is 18.4. The highest BCUT2D eigenvalue weighted by molar-refractivity contribution is 5.80. The van der Waals surface area contributed by atoms with Crippen molar-refractivity contribution in [2.75, 3.05) is 6.54 Å². The SMILES string of the molecule is CCn1c(C(C)N(CCC(C)C)C(=O)C2CCCCC2)nc2ccccc2c1=O. The maximum Gasteiger partial charge on any atom is 0.261 e. The second kappa shape index (κ2) is 9.55. The van der Waals surface area contributed by atoms with Crippen LogP contribution in [0, 0.1) is 11.8 Å². The molecule has 0 aliphatic heterocycles. The molecule has 1 saturated carbocycles. The number of benzene rings is 1. The molecule has 1 heterocycles. The lowest BCUT2D eigenvalue weighted by atomic mass is 9.87. The second-order valence-electron chi connectivity index (χ2n) is 8.76. The fourth-order valence-electron chi connectivity index (χ4n) is 4.43. The van der Waals surface area contributed by atoms with Crippen LogP contribution in [0.4, 0.5) is 0 Å². The van der Waals surface area contributed by atoms with E-state index in [2.05, 4.69) is 13.8 Å². The van der Waals surface area contributed by atoms with Crippen LogP contribution in [0.3, 0.4) is 0 Å². The van der Waals surface area contributed by atoms with E-state index in [4.69, 9.17) is 4.98 Å². The fraction of sp³-hybridized carbons (Fsp3) is 0.625. The molecule has 1 aromatic heterocycles. The van der Waals surface area contributed by atoms with Gasteiger partial charge in [-0.15, -0.1) is 0 Å². The van der Waals surface area contributed by atoms with Gasteiger partial charge in [0.2, 0.25) is 5.91 Å². The van der Waals surface area contributed by atoms with Crippen molar-refractivity contribution in [1.29, 1.82) is 0 Å². The Balaban J connectivity index is 2.01. The Labute approximate surface area is 174 Å². The van der Waals surface area contributed by atoms with Crippen LogP contribution in [0.25, 0.3) is 10.9 Å². The van der Waals surface area contributed by atoms with E-state index in [0.29, 0.717) is 35.7 Å². The smallest absolute Gasteiger partial charge is 0.261 e. The number of nitrogens with zero attached hydrogens (tertiary/aromatic N) is 3. The van der Waals surface area contributed by atoms with Crippen molar-refractivity contribution in [2.45, 2.75) is 78.8 Å². The van der Waals surface area contributed by atoms with E-state index in [9.17, 15) is 9.59 Å². The molecule has 1 aliphatic carbocycles. The van der Waals surface area contributed by atoms with Gasteiger partial charge in [0.1, 0.15) is 5.82 Å². The molecule has 0 spiro atoms. The largest absolute Gasteiger partial charge is 0.333 e. The summed E-state index contributed by atoms with van der Waals surface area (Å²) in [6.07, 6.45) is 6.41. The molecule has 5 nitrogen and oxygen atoms in total. The molecule has 1 aromatic carbocycles. The van der Waals surface area contributed by atoms with E-state index in [0.717, 1.165) is 32.1 Å². The highest BCUT2D eigenvalue weighted by atomic mass is 16.2. The molecule has 0 saturated heterocycles. The van der Waals surface area contributed by atoms with Crippen LogP contribution >= 0.6 is 0 Å². The van der Waals surface area contributed by atoms with Crippen LogP contribution in [0.2, 0.25) is 0 Å². The number of aromatic nitrogens is 2. The van der Waals surface area contributed by atoms with Gasteiger partial charge in [0.15, 0.2) is 0 Å². The highest BCUT2D eigenvalue weighted by Crippen LogP contribution is 2.29. The van der Waals surface area contributed by atoms with Gasteiger partial charge in [0, 0.05) is 19.0 Å². The summed E-state index contributed by atoms with van der Waals surface area (Å²) < 4.78 is 1.74. The van der Waals surface area contributed by atoms with E-state index in [-0.39, 0.29) is 23.4 Å². The van der Waals surface area contributed by atoms with Crippen LogP contribution in [0.5, 0.6) is 0 Å². The van der Waals surface area contributed by atoms with Gasteiger partial charge in [-0.2, -0.15) is 0 Å². The summed E-state index contributed by atoms with van der Waals surface area (Å²) in [5.74, 6) is 1.56. The van der Waals surface area contributed by atoms with E-state index in [1.54, 1.807) is 4.57 Å². The molecule has 1 amide bonds. The summed E-state index contributed by atoms with van der Waals surface area (Å²) in [5.41, 5.74) is 0.687. The third-order valence-corrected chi connectivity index (χ3v) is 6.23. The third-order valence-electron chi connectivity index (χ3n) is 6.23. The van der Waals surface area contributed by atoms with Gasteiger partial charge in [0.25, 0.3) is 5.56 Å². The molecule has 3 rings (SSSR count). The Morgan fingerprint density at radius 3 is 2.52 bits per heavy atom. The van der Waals surface area contributed by atoms with E-state index < -0.39 is 0 Å². The van der Waals surface area contributed by atoms with Crippen molar-refractivity contribution in [3.8, 4) is 0 Å². The molecule has 5 heteroatoms. The van der Waals surface area contributed by atoms with E-state index in [1.165, 1.54) is 6.42 Å². The third kappa shape index (κ3) is 4.71. The molecule has 29 heavy (non-hydrogen) atoms. The molecular formula is C24H35N3O2. The quantitative estimate of drug-likeness (QED) is 0.665. The van der Waals surface area contributed by atoms with Gasteiger partial charge < -0.3 is 4.90 Å². The van der Waals surface area contributed by atoms with Crippen molar-refractivity contribution in [1.82, 2.24) is 14.5 Å². The number of amides is 1. The van der Waals surface area contributed by atoms with Crippen LogP contribution in [-0.4, -0.2) is 26.9 Å². The Hall–Kier alpha value is -2.17. The van der Waals surface area contributed by atoms with Gasteiger partial charge in [-0.25, -0.2) is 4.98 Å². The van der Waals surface area contributed by atoms with Gasteiger partial charge in [-0.1, -0.05) is 45.2 Å². The zero-order valence-corrected chi connectivity index (χ0v) is 18.4. The molecule has 0 radical (unpaired) electrons. The lowest BCUT2D eigenvalue weighted by Gasteiger charge is -2.34. The topological polar surface area (TPSA) is 55.2 Å². The maximum absolute atomic E-state index is 13.5. The second-order valence-corrected chi connectivity index (χ2v) is 8.76. The first-order chi connectivity index (χ1) is 13.9. The predicted molar refractivity (Wildman–Crippen MR) is 118 cm³/mol. The van der Waals surface area contributed by atoms with Crippen molar-refractivity contribution in [3.63, 3.8) is 0 Å². The lowest BCUT2D eigenvalue weighted by molar-refractivity contribution is -0.139. The number of hydrogen-bond acceptors (Lipinski definition) is 3. The minimum atomic E-state index is -0.222. The van der Waals surface area contributed by atoms with Gasteiger partial charge >= 0.3 is 0 Å². The minimum Gasteiger partial charge on any atom is -0.333 e. The Kier molecular flexibility index (Phi) is 7.09. The highest BCUT2D eigenvalue weighted by Gasteiger charge is 2.31. The van der Waals surface area contributed by atoms with Crippen LogP contribution in [-0.2, 0) is 11.3 Å².